The summed E-state index contributed by atoms with van der Waals surface area (Å²) in [6.07, 6.45) is 2.61. The SMILES string of the molecule is CC(C)[C@@H]1[C@H](C)[C@@H]2C=C[C@@H](CC2(F)F)[C@H]1O. The highest BCUT2D eigenvalue weighted by molar-refractivity contribution is 5.13. The van der Waals surface area contributed by atoms with E-state index in [2.05, 4.69) is 0 Å². The summed E-state index contributed by atoms with van der Waals surface area (Å²) in [5, 5.41) is 10.2. The maximum atomic E-state index is 13.9. The van der Waals surface area contributed by atoms with Gasteiger partial charge in [0.25, 0.3) is 5.92 Å². The van der Waals surface area contributed by atoms with Gasteiger partial charge in [-0.1, -0.05) is 32.9 Å². The van der Waals surface area contributed by atoms with Gasteiger partial charge in [-0.2, -0.15) is 0 Å². The summed E-state index contributed by atoms with van der Waals surface area (Å²) in [5.74, 6) is -3.67. The van der Waals surface area contributed by atoms with Crippen LogP contribution >= 0.6 is 0 Å². The normalized spacial score (nSPS) is 46.1. The Hall–Kier alpha value is -0.440. The van der Waals surface area contributed by atoms with E-state index in [1.165, 1.54) is 0 Å². The Morgan fingerprint density at radius 3 is 2.44 bits per heavy atom. The first-order chi connectivity index (χ1) is 7.34. The van der Waals surface area contributed by atoms with Crippen LogP contribution in [0.2, 0.25) is 0 Å². The smallest absolute Gasteiger partial charge is 0.255 e. The Kier molecular flexibility index (Phi) is 2.85. The zero-order valence-electron chi connectivity index (χ0n) is 10.0. The summed E-state index contributed by atoms with van der Waals surface area (Å²) in [5.41, 5.74) is 0. The second kappa shape index (κ2) is 3.80. The lowest BCUT2D eigenvalue weighted by Crippen LogP contribution is -2.35. The highest BCUT2D eigenvalue weighted by atomic mass is 19.3. The predicted octanol–water partition coefficient (Wildman–Crippen LogP) is 3.10. The van der Waals surface area contributed by atoms with Gasteiger partial charge < -0.3 is 5.11 Å². The van der Waals surface area contributed by atoms with E-state index in [9.17, 15) is 13.9 Å². The van der Waals surface area contributed by atoms with Gasteiger partial charge in [0.05, 0.1) is 6.10 Å². The molecule has 0 aliphatic heterocycles. The van der Waals surface area contributed by atoms with E-state index in [1.54, 1.807) is 12.2 Å². The van der Waals surface area contributed by atoms with Crippen molar-refractivity contribution in [3.05, 3.63) is 12.2 Å². The van der Waals surface area contributed by atoms with E-state index < -0.39 is 17.9 Å². The molecule has 0 aromatic heterocycles. The van der Waals surface area contributed by atoms with E-state index in [1.807, 2.05) is 20.8 Å². The van der Waals surface area contributed by atoms with Crippen LogP contribution in [0.1, 0.15) is 27.2 Å². The molecular weight excluding hydrogens is 210 g/mol. The van der Waals surface area contributed by atoms with Crippen LogP contribution in [-0.2, 0) is 0 Å². The van der Waals surface area contributed by atoms with Crippen LogP contribution in [0.25, 0.3) is 0 Å². The quantitative estimate of drug-likeness (QED) is 0.686. The number of hydrogen-bond donors (Lipinski definition) is 1. The molecular formula is C13H20F2O. The van der Waals surface area contributed by atoms with Crippen LogP contribution in [0.5, 0.6) is 0 Å². The molecule has 3 aliphatic carbocycles. The lowest BCUT2D eigenvalue weighted by Gasteiger charge is -2.33. The average Bonchev–Trinajstić information content (AvgIpc) is 2.29. The summed E-state index contributed by atoms with van der Waals surface area (Å²) in [4.78, 5) is 0. The summed E-state index contributed by atoms with van der Waals surface area (Å²) in [6, 6.07) is 0. The van der Waals surface area contributed by atoms with E-state index in [0.29, 0.717) is 0 Å². The van der Waals surface area contributed by atoms with Crippen molar-refractivity contribution in [2.24, 2.45) is 29.6 Å². The third kappa shape index (κ3) is 1.69. The van der Waals surface area contributed by atoms with Gasteiger partial charge in [-0.25, -0.2) is 8.78 Å². The number of fused-ring (bicyclic) bond motifs is 3. The molecule has 1 nitrogen and oxygen atoms in total. The minimum absolute atomic E-state index is 0.0293. The molecule has 0 heterocycles. The lowest BCUT2D eigenvalue weighted by atomic mass is 9.75. The minimum atomic E-state index is -2.65. The highest BCUT2D eigenvalue weighted by Gasteiger charge is 2.53. The average molecular weight is 230 g/mol. The van der Waals surface area contributed by atoms with Crippen molar-refractivity contribution in [2.75, 3.05) is 0 Å². The van der Waals surface area contributed by atoms with Crippen LogP contribution in [0.4, 0.5) is 8.78 Å². The van der Waals surface area contributed by atoms with Crippen molar-refractivity contribution in [1.29, 1.82) is 0 Å². The number of rotatable bonds is 1. The molecule has 0 radical (unpaired) electrons. The number of aliphatic hydroxyl groups excluding tert-OH is 1. The number of halogens is 2. The Labute approximate surface area is 95.5 Å². The molecule has 1 saturated carbocycles. The molecule has 0 saturated heterocycles. The molecule has 5 atom stereocenters. The van der Waals surface area contributed by atoms with E-state index in [0.717, 1.165) is 0 Å². The number of alkyl halides is 2. The Balaban J connectivity index is 2.38. The second-order valence-corrected chi connectivity index (χ2v) is 5.71. The topological polar surface area (TPSA) is 20.2 Å². The number of aliphatic hydroxyl groups is 1. The Bertz CT molecular complexity index is 298. The third-order valence-corrected chi connectivity index (χ3v) is 4.34. The summed E-state index contributed by atoms with van der Waals surface area (Å²) >= 11 is 0. The second-order valence-electron chi connectivity index (χ2n) is 5.71. The van der Waals surface area contributed by atoms with Crippen molar-refractivity contribution < 1.29 is 13.9 Å². The van der Waals surface area contributed by atoms with Gasteiger partial charge in [-0.15, -0.1) is 0 Å². The molecule has 3 rings (SSSR count). The fourth-order valence-corrected chi connectivity index (χ4v) is 3.55. The molecule has 3 heteroatoms. The van der Waals surface area contributed by atoms with Crippen LogP contribution in [0, 0.1) is 29.6 Å². The van der Waals surface area contributed by atoms with Crippen LogP contribution in [-0.4, -0.2) is 17.1 Å². The maximum Gasteiger partial charge on any atom is 0.255 e. The van der Waals surface area contributed by atoms with Crippen molar-refractivity contribution in [3.63, 3.8) is 0 Å². The van der Waals surface area contributed by atoms with Gasteiger partial charge in [0, 0.05) is 18.3 Å². The largest absolute Gasteiger partial charge is 0.392 e. The molecule has 92 valence electrons. The molecule has 0 unspecified atom stereocenters. The lowest BCUT2D eigenvalue weighted by molar-refractivity contribution is -0.0733. The molecule has 16 heavy (non-hydrogen) atoms. The van der Waals surface area contributed by atoms with E-state index in [-0.39, 0.29) is 30.1 Å². The van der Waals surface area contributed by atoms with Crippen LogP contribution < -0.4 is 0 Å². The maximum absolute atomic E-state index is 13.9. The van der Waals surface area contributed by atoms with Gasteiger partial charge in [0.15, 0.2) is 0 Å². The zero-order chi connectivity index (χ0) is 12.1. The molecule has 0 aromatic rings. The molecule has 3 aliphatic rings. The molecule has 0 amide bonds. The zero-order valence-corrected chi connectivity index (χ0v) is 10.0. The fourth-order valence-electron chi connectivity index (χ4n) is 3.55. The summed E-state index contributed by atoms with van der Waals surface area (Å²) in [6.45, 7) is 5.87. The van der Waals surface area contributed by atoms with Gasteiger partial charge in [0.1, 0.15) is 0 Å². The Morgan fingerprint density at radius 2 is 1.94 bits per heavy atom. The van der Waals surface area contributed by atoms with E-state index in [4.69, 9.17) is 0 Å². The Morgan fingerprint density at radius 1 is 1.31 bits per heavy atom. The number of hydrogen-bond acceptors (Lipinski definition) is 1. The van der Waals surface area contributed by atoms with E-state index >= 15 is 0 Å². The molecule has 0 aromatic carbocycles. The molecule has 0 spiro atoms. The van der Waals surface area contributed by atoms with Crippen molar-refractivity contribution in [2.45, 2.75) is 39.2 Å². The first-order valence-electron chi connectivity index (χ1n) is 6.09. The van der Waals surface area contributed by atoms with Crippen LogP contribution in [0.15, 0.2) is 12.2 Å². The molecule has 2 bridgehead atoms. The van der Waals surface area contributed by atoms with Gasteiger partial charge in [-0.3, -0.25) is 0 Å². The molecule has 1 N–H and O–H groups in total. The van der Waals surface area contributed by atoms with Gasteiger partial charge in [0.2, 0.25) is 0 Å². The first-order valence-corrected chi connectivity index (χ1v) is 6.09. The predicted molar refractivity (Wildman–Crippen MR) is 59.2 cm³/mol. The number of allylic oxidation sites excluding steroid dienone is 1. The van der Waals surface area contributed by atoms with Gasteiger partial charge >= 0.3 is 0 Å². The van der Waals surface area contributed by atoms with Crippen molar-refractivity contribution in [3.8, 4) is 0 Å². The monoisotopic (exact) mass is 230 g/mol. The van der Waals surface area contributed by atoms with Crippen LogP contribution in [0.3, 0.4) is 0 Å². The standard InChI is InChI=1S/C13H20F2O/c1-7(2)11-8(3)10-5-4-9(12(11)16)6-13(10,14)15/h4-5,7-12,16H,6H2,1-3H3/t8-,9+,10+,11-,12-/m1/s1. The fraction of sp³-hybridized carbons (Fsp3) is 0.846. The molecule has 1 fully saturated rings. The summed E-state index contributed by atoms with van der Waals surface area (Å²) < 4.78 is 27.7. The highest BCUT2D eigenvalue weighted by Crippen LogP contribution is 2.51. The third-order valence-electron chi connectivity index (χ3n) is 4.34. The summed E-state index contributed by atoms with van der Waals surface area (Å²) in [7, 11) is 0. The van der Waals surface area contributed by atoms with Crippen molar-refractivity contribution in [1.82, 2.24) is 0 Å². The van der Waals surface area contributed by atoms with Gasteiger partial charge in [-0.05, 0) is 17.8 Å². The first kappa shape index (κ1) is 12.0. The minimum Gasteiger partial charge on any atom is -0.392 e. The van der Waals surface area contributed by atoms with Crippen molar-refractivity contribution >= 4 is 0 Å².